The molecule has 2 nitrogen and oxygen atoms in total. The fourth-order valence-electron chi connectivity index (χ4n) is 0.916. The molecular weight excluding hydrogens is 102 g/mol. The van der Waals surface area contributed by atoms with Crippen molar-refractivity contribution in [2.24, 2.45) is 5.73 Å². The molecule has 0 bridgehead atoms. The first-order chi connectivity index (χ1) is 3.84. The zero-order valence-electron chi connectivity index (χ0n) is 4.68. The van der Waals surface area contributed by atoms with Gasteiger partial charge >= 0.3 is 0 Å². The Hall–Kier alpha value is -0.790. The number of hydrogen-bond acceptors (Lipinski definition) is 2. The number of carbonyl (C=O) groups excluding carboxylic acids is 1. The van der Waals surface area contributed by atoms with Crippen LogP contribution in [0.25, 0.3) is 0 Å². The monoisotopic (exact) mass is 111 g/mol. The van der Waals surface area contributed by atoms with Crippen LogP contribution in [0.4, 0.5) is 0 Å². The van der Waals surface area contributed by atoms with E-state index in [-0.39, 0.29) is 5.78 Å². The molecule has 2 N–H and O–H groups in total. The highest BCUT2D eigenvalue weighted by Gasteiger charge is 2.15. The molecule has 2 heteroatoms. The molecule has 1 aliphatic rings. The third-order valence-electron chi connectivity index (χ3n) is 1.41. The Kier molecular flexibility index (Phi) is 1.33. The van der Waals surface area contributed by atoms with Gasteiger partial charge in [-0.1, -0.05) is 0 Å². The van der Waals surface area contributed by atoms with Crippen molar-refractivity contribution in [1.82, 2.24) is 0 Å². The maximum atomic E-state index is 10.7. The Labute approximate surface area is 48.4 Å². The third-order valence-corrected chi connectivity index (χ3v) is 1.41. The summed E-state index contributed by atoms with van der Waals surface area (Å²) in [5, 5.41) is 0. The van der Waals surface area contributed by atoms with Gasteiger partial charge in [-0.3, -0.25) is 4.79 Å². The van der Waals surface area contributed by atoms with E-state index in [2.05, 4.69) is 0 Å². The van der Waals surface area contributed by atoms with E-state index >= 15 is 0 Å². The fraction of sp³-hybridized carbons (Fsp3) is 0.500. The average molecular weight is 111 g/mol. The van der Waals surface area contributed by atoms with Gasteiger partial charge in [0.25, 0.3) is 0 Å². The Morgan fingerprint density at radius 1 is 1.50 bits per heavy atom. The summed E-state index contributed by atoms with van der Waals surface area (Å²) in [6.45, 7) is 0. The Morgan fingerprint density at radius 3 is 2.50 bits per heavy atom. The first kappa shape index (κ1) is 5.35. The van der Waals surface area contributed by atoms with E-state index < -0.39 is 0 Å². The van der Waals surface area contributed by atoms with Crippen molar-refractivity contribution in [1.29, 1.82) is 0 Å². The molecule has 1 saturated carbocycles. The average Bonchev–Trinajstić information content (AvgIpc) is 2.14. The predicted molar refractivity (Wildman–Crippen MR) is 31.1 cm³/mol. The molecule has 0 aromatic carbocycles. The van der Waals surface area contributed by atoms with Gasteiger partial charge in [-0.05, 0) is 12.8 Å². The molecule has 1 fully saturated rings. The molecule has 0 aromatic rings. The first-order valence-electron chi connectivity index (χ1n) is 2.78. The molecule has 0 spiro atoms. The summed E-state index contributed by atoms with van der Waals surface area (Å²) in [6.07, 6.45) is 4.00. The van der Waals surface area contributed by atoms with E-state index in [1.165, 1.54) is 6.20 Å². The molecule has 8 heavy (non-hydrogen) atoms. The lowest BCUT2D eigenvalue weighted by Gasteiger charge is -1.85. The van der Waals surface area contributed by atoms with Gasteiger partial charge in [0.05, 0.1) is 0 Å². The number of nitrogens with two attached hydrogens (primary N) is 1. The zero-order chi connectivity index (χ0) is 5.98. The topological polar surface area (TPSA) is 43.1 Å². The first-order valence-corrected chi connectivity index (χ1v) is 2.78. The van der Waals surface area contributed by atoms with Crippen molar-refractivity contribution in [3.05, 3.63) is 11.8 Å². The van der Waals surface area contributed by atoms with Crippen LogP contribution in [-0.2, 0) is 4.79 Å². The van der Waals surface area contributed by atoms with Crippen LogP contribution in [0.15, 0.2) is 11.8 Å². The summed E-state index contributed by atoms with van der Waals surface area (Å²) >= 11 is 0. The van der Waals surface area contributed by atoms with Crippen molar-refractivity contribution in [3.63, 3.8) is 0 Å². The largest absolute Gasteiger partial charge is 0.404 e. The van der Waals surface area contributed by atoms with Crippen LogP contribution < -0.4 is 5.73 Å². The molecule has 44 valence electrons. The van der Waals surface area contributed by atoms with Crippen molar-refractivity contribution >= 4 is 5.78 Å². The molecule has 0 aromatic heterocycles. The van der Waals surface area contributed by atoms with Gasteiger partial charge in [-0.25, -0.2) is 0 Å². The second-order valence-electron chi connectivity index (χ2n) is 1.97. The maximum absolute atomic E-state index is 10.7. The van der Waals surface area contributed by atoms with Gasteiger partial charge in [0.15, 0.2) is 5.78 Å². The minimum Gasteiger partial charge on any atom is -0.404 e. The molecule has 0 radical (unpaired) electrons. The summed E-state index contributed by atoms with van der Waals surface area (Å²) < 4.78 is 0. The summed E-state index contributed by atoms with van der Waals surface area (Å²) in [5.74, 6) is 0.229. The van der Waals surface area contributed by atoms with Crippen LogP contribution >= 0.6 is 0 Å². The van der Waals surface area contributed by atoms with E-state index in [4.69, 9.17) is 5.73 Å². The number of rotatable bonds is 0. The predicted octanol–water partition coefficient (Wildman–Crippen LogP) is 0.582. The van der Waals surface area contributed by atoms with Crippen LogP contribution in [0.2, 0.25) is 0 Å². The quantitative estimate of drug-likeness (QED) is 0.465. The Morgan fingerprint density at radius 2 is 2.25 bits per heavy atom. The smallest absolute Gasteiger partial charge is 0.160 e. The minimum atomic E-state index is 0.229. The van der Waals surface area contributed by atoms with Crippen molar-refractivity contribution < 1.29 is 4.79 Å². The SMILES string of the molecule is N/C=C1/CCCC1=O. The molecule has 0 saturated heterocycles. The highest BCUT2D eigenvalue weighted by molar-refractivity contribution is 5.97. The molecule has 0 amide bonds. The molecule has 0 unspecified atom stereocenters. The maximum Gasteiger partial charge on any atom is 0.160 e. The third kappa shape index (κ3) is 0.735. The summed E-state index contributed by atoms with van der Waals surface area (Å²) in [7, 11) is 0. The standard InChI is InChI=1S/C6H9NO/c7-4-5-2-1-3-6(5)8/h4H,1-3,7H2/b5-4-. The van der Waals surface area contributed by atoms with E-state index in [0.717, 1.165) is 18.4 Å². The molecule has 0 atom stereocenters. The summed E-state index contributed by atoms with van der Waals surface area (Å²) in [4.78, 5) is 10.7. The van der Waals surface area contributed by atoms with E-state index in [1.807, 2.05) is 0 Å². The highest BCUT2D eigenvalue weighted by Crippen LogP contribution is 2.18. The molecule has 1 aliphatic carbocycles. The van der Waals surface area contributed by atoms with Gasteiger partial charge in [0, 0.05) is 18.2 Å². The molecule has 0 aliphatic heterocycles. The number of carbonyl (C=O) groups is 1. The number of Topliss-reactive ketones (excluding diaryl/α,β-unsaturated/α-hetero) is 1. The Balaban J connectivity index is 2.69. The molecule has 1 rings (SSSR count). The van der Waals surface area contributed by atoms with Crippen LogP contribution in [0.1, 0.15) is 19.3 Å². The summed E-state index contributed by atoms with van der Waals surface area (Å²) in [5.41, 5.74) is 5.95. The van der Waals surface area contributed by atoms with Gasteiger partial charge in [0.2, 0.25) is 0 Å². The highest BCUT2D eigenvalue weighted by atomic mass is 16.1. The van der Waals surface area contributed by atoms with Crippen molar-refractivity contribution in [2.75, 3.05) is 0 Å². The Bertz CT molecular complexity index is 137. The van der Waals surface area contributed by atoms with Crippen LogP contribution in [0.5, 0.6) is 0 Å². The lowest BCUT2D eigenvalue weighted by Crippen LogP contribution is -1.94. The number of allylic oxidation sites excluding steroid dienone is 1. The summed E-state index contributed by atoms with van der Waals surface area (Å²) in [6, 6.07) is 0. The van der Waals surface area contributed by atoms with Gasteiger partial charge in [-0.15, -0.1) is 0 Å². The normalized spacial score (nSPS) is 25.0. The second-order valence-corrected chi connectivity index (χ2v) is 1.97. The molecular formula is C6H9NO. The van der Waals surface area contributed by atoms with Crippen LogP contribution in [0, 0.1) is 0 Å². The van der Waals surface area contributed by atoms with Crippen LogP contribution in [-0.4, -0.2) is 5.78 Å². The van der Waals surface area contributed by atoms with Crippen molar-refractivity contribution in [2.45, 2.75) is 19.3 Å². The fourth-order valence-corrected chi connectivity index (χ4v) is 0.916. The number of hydrogen-bond donors (Lipinski definition) is 1. The van der Waals surface area contributed by atoms with E-state index in [1.54, 1.807) is 0 Å². The zero-order valence-corrected chi connectivity index (χ0v) is 4.68. The van der Waals surface area contributed by atoms with Crippen LogP contribution in [0.3, 0.4) is 0 Å². The van der Waals surface area contributed by atoms with E-state index in [0.29, 0.717) is 6.42 Å². The van der Waals surface area contributed by atoms with E-state index in [9.17, 15) is 4.79 Å². The van der Waals surface area contributed by atoms with Crippen molar-refractivity contribution in [3.8, 4) is 0 Å². The lowest BCUT2D eigenvalue weighted by molar-refractivity contribution is -0.114. The molecule has 0 heterocycles. The van der Waals surface area contributed by atoms with Gasteiger partial charge in [0.1, 0.15) is 0 Å². The second kappa shape index (κ2) is 1.99. The lowest BCUT2D eigenvalue weighted by atomic mass is 10.2. The number of ketones is 1. The van der Waals surface area contributed by atoms with Gasteiger partial charge < -0.3 is 5.73 Å². The minimum absolute atomic E-state index is 0.229. The van der Waals surface area contributed by atoms with Gasteiger partial charge in [-0.2, -0.15) is 0 Å².